The van der Waals surface area contributed by atoms with Gasteiger partial charge in [-0.1, -0.05) is 25.7 Å². The van der Waals surface area contributed by atoms with Crippen molar-refractivity contribution < 1.29 is 14.7 Å². The summed E-state index contributed by atoms with van der Waals surface area (Å²) in [5.41, 5.74) is -0.435. The summed E-state index contributed by atoms with van der Waals surface area (Å²) in [4.78, 5) is 23.1. The van der Waals surface area contributed by atoms with Gasteiger partial charge in [0, 0.05) is 5.92 Å². The lowest BCUT2D eigenvalue weighted by atomic mass is 9.74. The number of hydrogen-bond acceptors (Lipinski definition) is 2. The van der Waals surface area contributed by atoms with E-state index in [-0.39, 0.29) is 18.2 Å². The van der Waals surface area contributed by atoms with E-state index in [0.717, 1.165) is 44.9 Å². The lowest BCUT2D eigenvalue weighted by Gasteiger charge is -2.42. The molecule has 0 aliphatic heterocycles. The monoisotopic (exact) mass is 253 g/mol. The van der Waals surface area contributed by atoms with Crippen LogP contribution in [-0.2, 0) is 9.59 Å². The van der Waals surface area contributed by atoms with E-state index in [9.17, 15) is 9.59 Å². The van der Waals surface area contributed by atoms with E-state index in [1.165, 1.54) is 12.8 Å². The zero-order valence-corrected chi connectivity index (χ0v) is 10.9. The van der Waals surface area contributed by atoms with Gasteiger partial charge in [-0.25, -0.2) is 0 Å². The molecule has 0 radical (unpaired) electrons. The number of carbonyl (C=O) groups is 2. The number of carboxylic acid groups (broad SMARTS) is 1. The maximum atomic E-state index is 12.2. The Kier molecular flexibility index (Phi) is 4.25. The molecule has 18 heavy (non-hydrogen) atoms. The van der Waals surface area contributed by atoms with Crippen molar-refractivity contribution in [2.24, 2.45) is 5.92 Å². The lowest BCUT2D eigenvalue weighted by molar-refractivity contribution is -0.140. The van der Waals surface area contributed by atoms with Crippen LogP contribution in [0, 0.1) is 5.92 Å². The standard InChI is InChI=1S/C14H23NO3/c16-12(17)10-14(8-5-9-14)15-13(18)11-6-3-1-2-4-7-11/h11H,1-10H2,(H,15,18)(H,16,17). The third-order valence-corrected chi connectivity index (χ3v) is 4.41. The van der Waals surface area contributed by atoms with Gasteiger partial charge in [0.25, 0.3) is 0 Å². The number of carboxylic acids is 1. The van der Waals surface area contributed by atoms with Crippen molar-refractivity contribution in [2.45, 2.75) is 69.7 Å². The van der Waals surface area contributed by atoms with E-state index in [1.807, 2.05) is 0 Å². The van der Waals surface area contributed by atoms with Gasteiger partial charge in [0.1, 0.15) is 0 Å². The molecule has 2 rings (SSSR count). The van der Waals surface area contributed by atoms with Gasteiger partial charge >= 0.3 is 5.97 Å². The molecule has 2 aliphatic rings. The molecular formula is C14H23NO3. The van der Waals surface area contributed by atoms with Gasteiger partial charge in [-0.2, -0.15) is 0 Å². The van der Waals surface area contributed by atoms with Crippen LogP contribution in [0.5, 0.6) is 0 Å². The minimum absolute atomic E-state index is 0.0749. The van der Waals surface area contributed by atoms with Crippen molar-refractivity contribution in [3.8, 4) is 0 Å². The van der Waals surface area contributed by atoms with Gasteiger partial charge in [-0.05, 0) is 32.1 Å². The summed E-state index contributed by atoms with van der Waals surface area (Å²) < 4.78 is 0. The van der Waals surface area contributed by atoms with E-state index >= 15 is 0 Å². The number of aliphatic carboxylic acids is 1. The molecule has 0 aromatic rings. The highest BCUT2D eigenvalue weighted by Gasteiger charge is 2.41. The van der Waals surface area contributed by atoms with Gasteiger partial charge in [-0.15, -0.1) is 0 Å². The lowest BCUT2D eigenvalue weighted by Crippen LogP contribution is -2.56. The maximum Gasteiger partial charge on any atom is 0.305 e. The Morgan fingerprint density at radius 3 is 2.11 bits per heavy atom. The summed E-state index contributed by atoms with van der Waals surface area (Å²) in [6.07, 6.45) is 9.38. The van der Waals surface area contributed by atoms with Gasteiger partial charge in [0.05, 0.1) is 12.0 Å². The Hall–Kier alpha value is -1.06. The summed E-state index contributed by atoms with van der Waals surface area (Å²) in [6, 6.07) is 0. The normalized spacial score (nSPS) is 23.8. The van der Waals surface area contributed by atoms with E-state index in [4.69, 9.17) is 5.11 Å². The molecule has 0 spiro atoms. The van der Waals surface area contributed by atoms with E-state index in [1.54, 1.807) is 0 Å². The van der Waals surface area contributed by atoms with Gasteiger partial charge < -0.3 is 10.4 Å². The van der Waals surface area contributed by atoms with Crippen LogP contribution in [0.4, 0.5) is 0 Å². The highest BCUT2D eigenvalue weighted by Crippen LogP contribution is 2.36. The van der Waals surface area contributed by atoms with Gasteiger partial charge in [0.2, 0.25) is 5.91 Å². The first-order valence-corrected chi connectivity index (χ1v) is 7.15. The van der Waals surface area contributed by atoms with Gasteiger partial charge in [0.15, 0.2) is 0 Å². The van der Waals surface area contributed by atoms with Crippen molar-refractivity contribution in [1.29, 1.82) is 0 Å². The Morgan fingerprint density at radius 2 is 1.67 bits per heavy atom. The minimum Gasteiger partial charge on any atom is -0.481 e. The van der Waals surface area contributed by atoms with Crippen molar-refractivity contribution in [3.63, 3.8) is 0 Å². The number of nitrogens with one attached hydrogen (secondary N) is 1. The van der Waals surface area contributed by atoms with Crippen molar-refractivity contribution in [2.75, 3.05) is 0 Å². The second-order valence-electron chi connectivity index (χ2n) is 5.88. The second-order valence-corrected chi connectivity index (χ2v) is 5.88. The molecule has 0 bridgehead atoms. The predicted molar refractivity (Wildman–Crippen MR) is 68.2 cm³/mol. The van der Waals surface area contributed by atoms with Crippen LogP contribution in [-0.4, -0.2) is 22.5 Å². The summed E-state index contributed by atoms with van der Waals surface area (Å²) >= 11 is 0. The van der Waals surface area contributed by atoms with Crippen LogP contribution in [0.15, 0.2) is 0 Å². The van der Waals surface area contributed by atoms with Crippen LogP contribution in [0.2, 0.25) is 0 Å². The Labute approximate surface area is 108 Å². The van der Waals surface area contributed by atoms with Crippen molar-refractivity contribution in [3.05, 3.63) is 0 Å². The average molecular weight is 253 g/mol. The van der Waals surface area contributed by atoms with Crippen LogP contribution < -0.4 is 5.32 Å². The number of rotatable bonds is 4. The summed E-state index contributed by atoms with van der Waals surface area (Å²) in [6.45, 7) is 0. The smallest absolute Gasteiger partial charge is 0.305 e. The highest BCUT2D eigenvalue weighted by atomic mass is 16.4. The fraction of sp³-hybridized carbons (Fsp3) is 0.857. The third kappa shape index (κ3) is 3.24. The molecule has 102 valence electrons. The highest BCUT2D eigenvalue weighted by molar-refractivity contribution is 5.80. The quantitative estimate of drug-likeness (QED) is 0.756. The largest absolute Gasteiger partial charge is 0.481 e. The molecule has 2 N–H and O–H groups in total. The summed E-state index contributed by atoms with van der Waals surface area (Å²) in [5, 5.41) is 12.0. The number of hydrogen-bond donors (Lipinski definition) is 2. The van der Waals surface area contributed by atoms with Crippen LogP contribution in [0.3, 0.4) is 0 Å². The Bertz CT molecular complexity index is 315. The first-order valence-electron chi connectivity index (χ1n) is 7.15. The molecule has 0 aromatic heterocycles. The average Bonchev–Trinajstić information content (AvgIpc) is 2.53. The van der Waals surface area contributed by atoms with Crippen LogP contribution in [0.1, 0.15) is 64.2 Å². The van der Waals surface area contributed by atoms with Crippen molar-refractivity contribution >= 4 is 11.9 Å². The molecule has 0 unspecified atom stereocenters. The van der Waals surface area contributed by atoms with Crippen molar-refractivity contribution in [1.82, 2.24) is 5.32 Å². The molecule has 0 saturated heterocycles. The summed E-state index contributed by atoms with van der Waals surface area (Å²) in [7, 11) is 0. The first kappa shape index (κ1) is 13.4. The molecule has 0 aromatic carbocycles. The predicted octanol–water partition coefficient (Wildman–Crippen LogP) is 2.47. The molecule has 2 fully saturated rings. The Morgan fingerprint density at radius 1 is 1.06 bits per heavy atom. The number of amides is 1. The summed E-state index contributed by atoms with van der Waals surface area (Å²) in [5.74, 6) is -0.604. The molecule has 0 heterocycles. The Balaban J connectivity index is 1.90. The maximum absolute atomic E-state index is 12.2. The minimum atomic E-state index is -0.809. The van der Waals surface area contributed by atoms with Crippen LogP contribution in [0.25, 0.3) is 0 Å². The fourth-order valence-electron chi connectivity index (χ4n) is 3.14. The molecule has 2 aliphatic carbocycles. The molecule has 4 heteroatoms. The molecule has 2 saturated carbocycles. The zero-order chi connectivity index (χ0) is 13.0. The van der Waals surface area contributed by atoms with Crippen LogP contribution >= 0.6 is 0 Å². The number of carbonyl (C=O) groups excluding carboxylic acids is 1. The van der Waals surface area contributed by atoms with Gasteiger partial charge in [-0.3, -0.25) is 9.59 Å². The second kappa shape index (κ2) is 5.72. The first-order chi connectivity index (χ1) is 8.61. The van der Waals surface area contributed by atoms with E-state index in [2.05, 4.69) is 5.32 Å². The van der Waals surface area contributed by atoms with E-state index < -0.39 is 11.5 Å². The zero-order valence-electron chi connectivity index (χ0n) is 10.9. The third-order valence-electron chi connectivity index (χ3n) is 4.41. The topological polar surface area (TPSA) is 66.4 Å². The molecule has 4 nitrogen and oxygen atoms in total. The SMILES string of the molecule is O=C(O)CC1(NC(=O)C2CCCCCC2)CCC1. The van der Waals surface area contributed by atoms with E-state index in [0.29, 0.717) is 0 Å². The molecule has 1 amide bonds. The fourth-order valence-corrected chi connectivity index (χ4v) is 3.14. The molecule has 0 atom stereocenters. The molecular weight excluding hydrogens is 230 g/mol.